The Morgan fingerprint density at radius 3 is 2.12 bits per heavy atom. The molecule has 0 rings (SSSR count). The second kappa shape index (κ2) is 8.03. The van der Waals surface area contributed by atoms with Crippen LogP contribution in [-0.2, 0) is 19.1 Å². The van der Waals surface area contributed by atoms with Crippen molar-refractivity contribution in [3.63, 3.8) is 0 Å². The van der Waals surface area contributed by atoms with E-state index < -0.39 is 24.6 Å². The van der Waals surface area contributed by atoms with Crippen molar-refractivity contribution in [2.24, 2.45) is 5.92 Å². The Morgan fingerprint density at radius 1 is 1.12 bits per heavy atom. The predicted octanol–water partition coefficient (Wildman–Crippen LogP) is 0.208. The molecule has 17 heavy (non-hydrogen) atoms. The van der Waals surface area contributed by atoms with Gasteiger partial charge in [0.05, 0.1) is 0 Å². The molecule has 0 fully saturated rings. The Balaban J connectivity index is 3.92. The SMILES string of the molecule is CC(C)C(C)OC(=O)CC(=O)OC(O)CCO. The molecular weight excluding hydrogens is 228 g/mol. The maximum atomic E-state index is 11.3. The van der Waals surface area contributed by atoms with Crippen LogP contribution in [0.25, 0.3) is 0 Å². The van der Waals surface area contributed by atoms with Gasteiger partial charge in [0.25, 0.3) is 0 Å². The molecule has 6 heteroatoms. The molecule has 0 aromatic heterocycles. The first-order valence-corrected chi connectivity index (χ1v) is 5.54. The zero-order valence-electron chi connectivity index (χ0n) is 10.4. The molecule has 0 aliphatic heterocycles. The number of ether oxygens (including phenoxy) is 2. The Bertz CT molecular complexity index is 250. The van der Waals surface area contributed by atoms with Gasteiger partial charge in [-0.15, -0.1) is 0 Å². The molecule has 0 saturated heterocycles. The molecule has 2 unspecified atom stereocenters. The van der Waals surface area contributed by atoms with E-state index in [0.29, 0.717) is 0 Å². The first kappa shape index (κ1) is 15.9. The van der Waals surface area contributed by atoms with E-state index in [4.69, 9.17) is 14.9 Å². The summed E-state index contributed by atoms with van der Waals surface area (Å²) in [5.41, 5.74) is 0. The Hall–Kier alpha value is -1.14. The summed E-state index contributed by atoms with van der Waals surface area (Å²) in [6, 6.07) is 0. The lowest BCUT2D eigenvalue weighted by atomic mass is 10.1. The Morgan fingerprint density at radius 2 is 1.65 bits per heavy atom. The lowest BCUT2D eigenvalue weighted by Gasteiger charge is -2.16. The molecule has 2 atom stereocenters. The maximum absolute atomic E-state index is 11.3. The van der Waals surface area contributed by atoms with Crippen molar-refractivity contribution in [1.82, 2.24) is 0 Å². The molecule has 0 aromatic carbocycles. The van der Waals surface area contributed by atoms with Crippen molar-refractivity contribution in [3.8, 4) is 0 Å². The second-order valence-electron chi connectivity index (χ2n) is 4.07. The fraction of sp³-hybridized carbons (Fsp3) is 0.818. The van der Waals surface area contributed by atoms with Crippen molar-refractivity contribution in [3.05, 3.63) is 0 Å². The largest absolute Gasteiger partial charge is 0.462 e. The third-order valence-electron chi connectivity index (χ3n) is 2.19. The van der Waals surface area contributed by atoms with Gasteiger partial charge < -0.3 is 19.7 Å². The zero-order valence-corrected chi connectivity index (χ0v) is 10.4. The van der Waals surface area contributed by atoms with Gasteiger partial charge in [-0.3, -0.25) is 9.59 Å². The predicted molar refractivity (Wildman–Crippen MR) is 58.8 cm³/mol. The van der Waals surface area contributed by atoms with Crippen LogP contribution in [0.4, 0.5) is 0 Å². The van der Waals surface area contributed by atoms with Crippen molar-refractivity contribution < 1.29 is 29.3 Å². The van der Waals surface area contributed by atoms with Gasteiger partial charge in [-0.1, -0.05) is 13.8 Å². The van der Waals surface area contributed by atoms with Gasteiger partial charge in [-0.25, -0.2) is 0 Å². The van der Waals surface area contributed by atoms with Crippen molar-refractivity contribution in [1.29, 1.82) is 0 Å². The molecule has 100 valence electrons. The summed E-state index contributed by atoms with van der Waals surface area (Å²) in [7, 11) is 0. The van der Waals surface area contributed by atoms with Gasteiger partial charge in [0, 0.05) is 13.0 Å². The lowest BCUT2D eigenvalue weighted by Crippen LogP contribution is -2.25. The fourth-order valence-corrected chi connectivity index (χ4v) is 0.866. The first-order valence-electron chi connectivity index (χ1n) is 5.54. The van der Waals surface area contributed by atoms with Crippen LogP contribution in [0, 0.1) is 5.92 Å². The van der Waals surface area contributed by atoms with Crippen LogP contribution in [0.3, 0.4) is 0 Å². The minimum Gasteiger partial charge on any atom is -0.462 e. The number of carbonyl (C=O) groups excluding carboxylic acids is 2. The van der Waals surface area contributed by atoms with E-state index >= 15 is 0 Å². The summed E-state index contributed by atoms with van der Waals surface area (Å²) < 4.78 is 9.41. The second-order valence-corrected chi connectivity index (χ2v) is 4.07. The number of hydrogen-bond donors (Lipinski definition) is 2. The smallest absolute Gasteiger partial charge is 0.319 e. The lowest BCUT2D eigenvalue weighted by molar-refractivity contribution is -0.174. The van der Waals surface area contributed by atoms with E-state index in [2.05, 4.69) is 4.74 Å². The van der Waals surface area contributed by atoms with Gasteiger partial charge in [-0.2, -0.15) is 0 Å². The van der Waals surface area contributed by atoms with Crippen LogP contribution in [0.15, 0.2) is 0 Å². The average Bonchev–Trinajstić information content (AvgIpc) is 2.16. The van der Waals surface area contributed by atoms with Gasteiger partial charge in [0.1, 0.15) is 12.5 Å². The highest BCUT2D eigenvalue weighted by Crippen LogP contribution is 2.07. The van der Waals surface area contributed by atoms with Crippen LogP contribution in [0.2, 0.25) is 0 Å². The summed E-state index contributed by atoms with van der Waals surface area (Å²) in [5.74, 6) is -1.39. The topological polar surface area (TPSA) is 93.1 Å². The molecule has 0 heterocycles. The molecule has 0 bridgehead atoms. The van der Waals surface area contributed by atoms with E-state index in [1.807, 2.05) is 13.8 Å². The van der Waals surface area contributed by atoms with Crippen molar-refractivity contribution >= 4 is 11.9 Å². The van der Waals surface area contributed by atoms with Crippen LogP contribution in [0.1, 0.15) is 33.6 Å². The summed E-state index contributed by atoms with van der Waals surface area (Å²) >= 11 is 0. The highest BCUT2D eigenvalue weighted by Gasteiger charge is 2.19. The quantitative estimate of drug-likeness (QED) is 0.380. The van der Waals surface area contributed by atoms with Crippen LogP contribution in [0.5, 0.6) is 0 Å². The van der Waals surface area contributed by atoms with Crippen LogP contribution in [-0.4, -0.2) is 41.2 Å². The van der Waals surface area contributed by atoms with Gasteiger partial charge in [0.2, 0.25) is 6.29 Å². The number of aliphatic hydroxyl groups excluding tert-OH is 2. The molecule has 0 aliphatic rings. The third-order valence-corrected chi connectivity index (χ3v) is 2.19. The van der Waals surface area contributed by atoms with E-state index in [9.17, 15) is 9.59 Å². The van der Waals surface area contributed by atoms with Gasteiger partial charge in [-0.05, 0) is 12.8 Å². The number of esters is 2. The minimum atomic E-state index is -1.39. The summed E-state index contributed by atoms with van der Waals surface area (Å²) in [4.78, 5) is 22.4. The van der Waals surface area contributed by atoms with E-state index in [-0.39, 0.29) is 25.0 Å². The number of rotatable bonds is 7. The Labute approximate surface area is 101 Å². The number of aliphatic hydroxyl groups is 2. The standard InChI is InChI=1S/C11H20O6/c1-7(2)8(3)16-10(14)6-11(15)17-9(13)4-5-12/h7-9,12-13H,4-6H2,1-3H3. The molecule has 6 nitrogen and oxygen atoms in total. The fourth-order valence-electron chi connectivity index (χ4n) is 0.866. The molecule has 0 saturated carbocycles. The molecule has 0 radical (unpaired) electrons. The molecule has 2 N–H and O–H groups in total. The van der Waals surface area contributed by atoms with E-state index in [1.165, 1.54) is 0 Å². The number of carbonyl (C=O) groups is 2. The molecular formula is C11H20O6. The highest BCUT2D eigenvalue weighted by molar-refractivity contribution is 5.91. The first-order chi connectivity index (χ1) is 7.86. The summed E-state index contributed by atoms with van der Waals surface area (Å²) in [5, 5.41) is 17.5. The normalized spacial score (nSPS) is 14.2. The highest BCUT2D eigenvalue weighted by atomic mass is 16.6. The minimum absolute atomic E-state index is 0.0802. The van der Waals surface area contributed by atoms with Crippen LogP contribution < -0.4 is 0 Å². The Kier molecular flexibility index (Phi) is 7.49. The zero-order chi connectivity index (χ0) is 13.4. The average molecular weight is 248 g/mol. The molecule has 0 aromatic rings. The van der Waals surface area contributed by atoms with Crippen molar-refractivity contribution in [2.75, 3.05) is 6.61 Å². The van der Waals surface area contributed by atoms with Gasteiger partial charge >= 0.3 is 11.9 Å². The molecule has 0 spiro atoms. The maximum Gasteiger partial charge on any atom is 0.319 e. The van der Waals surface area contributed by atoms with E-state index in [0.717, 1.165) is 0 Å². The third kappa shape index (κ3) is 7.70. The molecule has 0 amide bonds. The van der Waals surface area contributed by atoms with Crippen molar-refractivity contribution in [2.45, 2.75) is 46.0 Å². The summed E-state index contributed by atoms with van der Waals surface area (Å²) in [6.07, 6.45) is -2.29. The van der Waals surface area contributed by atoms with Gasteiger partial charge in [0.15, 0.2) is 0 Å². The number of hydrogen-bond acceptors (Lipinski definition) is 6. The van der Waals surface area contributed by atoms with E-state index in [1.54, 1.807) is 6.92 Å². The van der Waals surface area contributed by atoms with Crippen LogP contribution >= 0.6 is 0 Å². The summed E-state index contributed by atoms with van der Waals surface area (Å²) in [6.45, 7) is 5.21. The molecule has 0 aliphatic carbocycles. The monoisotopic (exact) mass is 248 g/mol.